The van der Waals surface area contributed by atoms with Crippen LogP contribution in [-0.4, -0.2) is 57.1 Å². The van der Waals surface area contributed by atoms with Crippen LogP contribution in [0.1, 0.15) is 16.2 Å². The Labute approximate surface area is 167 Å². The predicted molar refractivity (Wildman–Crippen MR) is 97.7 cm³/mol. The molecule has 0 bridgehead atoms. The second-order valence-electron chi connectivity index (χ2n) is 6.52. The number of pyridine rings is 2. The fraction of sp³-hybridized carbons (Fsp3) is 0.278. The van der Waals surface area contributed by atoms with Crippen LogP contribution in [0.15, 0.2) is 46.0 Å². The fourth-order valence-electron chi connectivity index (χ4n) is 3.06. The zero-order chi connectivity index (χ0) is 21.3. The number of hydrogen-bond donors (Lipinski definition) is 1. The summed E-state index contributed by atoms with van der Waals surface area (Å²) in [5, 5.41) is 3.33. The van der Waals surface area contributed by atoms with Gasteiger partial charge in [0, 0.05) is 44.1 Å². The molecule has 1 N–H and O–H groups in total. The molecule has 4 rings (SSSR count). The summed E-state index contributed by atoms with van der Waals surface area (Å²) in [6, 6.07) is 6.26. The number of aromatic nitrogens is 4. The third-order valence-electron chi connectivity index (χ3n) is 4.61. The zero-order valence-corrected chi connectivity index (χ0v) is 15.4. The van der Waals surface area contributed by atoms with Gasteiger partial charge in [-0.25, -0.2) is 4.98 Å². The van der Waals surface area contributed by atoms with Gasteiger partial charge in [-0.3, -0.25) is 9.59 Å². The number of alkyl halides is 3. The highest BCUT2D eigenvalue weighted by Gasteiger charge is 2.38. The Morgan fingerprint density at radius 2 is 1.90 bits per heavy atom. The van der Waals surface area contributed by atoms with Gasteiger partial charge < -0.3 is 19.3 Å². The molecule has 0 aliphatic carbocycles. The Morgan fingerprint density at radius 1 is 1.13 bits per heavy atom. The number of carbonyl (C=O) groups is 1. The van der Waals surface area contributed by atoms with Crippen LogP contribution < -0.4 is 10.5 Å². The monoisotopic (exact) mass is 420 g/mol. The second kappa shape index (κ2) is 7.61. The number of H-pyrrole nitrogens is 1. The number of rotatable bonds is 3. The van der Waals surface area contributed by atoms with Crippen LogP contribution in [0.4, 0.5) is 19.0 Å². The standard InChI is InChI=1S/C18H15F3N6O3/c19-18(20,21)17-24-14(25-30-17)11-3-4-13(23-10-11)26-6-8-27(9-7-26)16(29)12-2-1-5-22-15(12)28/h1-5,10H,6-9H2,(H,22,28). The molecule has 0 atom stereocenters. The normalized spacial score (nSPS) is 14.8. The lowest BCUT2D eigenvalue weighted by Gasteiger charge is -2.35. The third-order valence-corrected chi connectivity index (χ3v) is 4.61. The maximum absolute atomic E-state index is 12.6. The minimum atomic E-state index is -4.71. The lowest BCUT2D eigenvalue weighted by molar-refractivity contribution is -0.159. The first kappa shape index (κ1) is 19.6. The molecule has 0 radical (unpaired) electrons. The van der Waals surface area contributed by atoms with Crippen LogP contribution in [0.2, 0.25) is 0 Å². The molecule has 0 spiro atoms. The summed E-state index contributed by atoms with van der Waals surface area (Å²) in [6.07, 6.45) is -1.88. The first-order valence-corrected chi connectivity index (χ1v) is 8.92. The van der Waals surface area contributed by atoms with Crippen molar-refractivity contribution >= 4 is 11.7 Å². The molecule has 0 unspecified atom stereocenters. The average Bonchev–Trinajstić information content (AvgIpc) is 3.25. The number of carbonyl (C=O) groups excluding carboxylic acids is 1. The number of aromatic amines is 1. The van der Waals surface area contributed by atoms with Gasteiger partial charge in [-0.05, 0) is 24.3 Å². The van der Waals surface area contributed by atoms with Gasteiger partial charge in [0.15, 0.2) is 0 Å². The molecule has 1 aliphatic heterocycles. The summed E-state index contributed by atoms with van der Waals surface area (Å²) < 4.78 is 42.0. The summed E-state index contributed by atoms with van der Waals surface area (Å²) in [5.41, 5.74) is -0.0563. The third kappa shape index (κ3) is 3.88. The molecule has 30 heavy (non-hydrogen) atoms. The van der Waals surface area contributed by atoms with Crippen LogP contribution in [0.25, 0.3) is 11.4 Å². The smallest absolute Gasteiger partial charge is 0.353 e. The molecule has 3 aromatic heterocycles. The molecule has 0 saturated carbocycles. The minimum absolute atomic E-state index is 0.0896. The maximum Gasteiger partial charge on any atom is 0.471 e. The number of halogens is 3. The predicted octanol–water partition coefficient (Wildman–Crippen LogP) is 1.80. The summed E-state index contributed by atoms with van der Waals surface area (Å²) in [7, 11) is 0. The van der Waals surface area contributed by atoms with E-state index in [4.69, 9.17) is 0 Å². The van der Waals surface area contributed by atoms with E-state index in [0.29, 0.717) is 32.0 Å². The molecule has 1 saturated heterocycles. The van der Waals surface area contributed by atoms with E-state index in [9.17, 15) is 22.8 Å². The largest absolute Gasteiger partial charge is 0.471 e. The summed E-state index contributed by atoms with van der Waals surface area (Å²) >= 11 is 0. The van der Waals surface area contributed by atoms with E-state index in [-0.39, 0.29) is 22.9 Å². The summed E-state index contributed by atoms with van der Waals surface area (Å²) in [6.45, 7) is 1.78. The van der Waals surface area contributed by atoms with Crippen molar-refractivity contribution in [2.24, 2.45) is 0 Å². The number of hydrogen-bond acceptors (Lipinski definition) is 7. The molecule has 1 aliphatic rings. The Hall–Kier alpha value is -3.70. The Bertz CT molecular complexity index is 1100. The van der Waals surface area contributed by atoms with Crippen molar-refractivity contribution in [3.8, 4) is 11.4 Å². The van der Waals surface area contributed by atoms with Crippen LogP contribution in [0.3, 0.4) is 0 Å². The Morgan fingerprint density at radius 3 is 2.50 bits per heavy atom. The van der Waals surface area contributed by atoms with Crippen LogP contribution in [-0.2, 0) is 6.18 Å². The van der Waals surface area contributed by atoms with Gasteiger partial charge in [0.2, 0.25) is 5.82 Å². The van der Waals surface area contributed by atoms with Gasteiger partial charge in [-0.2, -0.15) is 18.2 Å². The molecule has 156 valence electrons. The number of piperazine rings is 1. The molecular weight excluding hydrogens is 405 g/mol. The van der Waals surface area contributed by atoms with Crippen molar-refractivity contribution in [2.75, 3.05) is 31.1 Å². The fourth-order valence-corrected chi connectivity index (χ4v) is 3.06. The van der Waals surface area contributed by atoms with Crippen molar-refractivity contribution in [1.29, 1.82) is 0 Å². The average molecular weight is 420 g/mol. The van der Waals surface area contributed by atoms with Crippen LogP contribution in [0.5, 0.6) is 0 Å². The Balaban J connectivity index is 1.41. The van der Waals surface area contributed by atoms with E-state index in [1.54, 1.807) is 23.1 Å². The molecular formula is C18H15F3N6O3. The molecule has 0 aromatic carbocycles. The number of nitrogens with zero attached hydrogens (tertiary/aromatic N) is 5. The van der Waals surface area contributed by atoms with Crippen molar-refractivity contribution in [1.82, 2.24) is 25.0 Å². The van der Waals surface area contributed by atoms with Crippen molar-refractivity contribution in [2.45, 2.75) is 6.18 Å². The van der Waals surface area contributed by atoms with Gasteiger partial charge in [-0.15, -0.1) is 0 Å². The molecule has 4 heterocycles. The molecule has 9 nitrogen and oxygen atoms in total. The highest BCUT2D eigenvalue weighted by Crippen LogP contribution is 2.29. The molecule has 1 fully saturated rings. The van der Waals surface area contributed by atoms with Gasteiger partial charge >= 0.3 is 12.1 Å². The summed E-state index contributed by atoms with van der Waals surface area (Å²) in [5.74, 6) is -1.36. The lowest BCUT2D eigenvalue weighted by atomic mass is 10.2. The highest BCUT2D eigenvalue weighted by atomic mass is 19.4. The van der Waals surface area contributed by atoms with Gasteiger partial charge in [-0.1, -0.05) is 5.16 Å². The summed E-state index contributed by atoms with van der Waals surface area (Å²) in [4.78, 5) is 37.9. The van der Waals surface area contributed by atoms with Crippen molar-refractivity contribution in [3.05, 3.63) is 58.5 Å². The van der Waals surface area contributed by atoms with Crippen LogP contribution >= 0.6 is 0 Å². The molecule has 12 heteroatoms. The van der Waals surface area contributed by atoms with Crippen molar-refractivity contribution < 1.29 is 22.5 Å². The number of anilines is 1. The van der Waals surface area contributed by atoms with Gasteiger partial charge in [0.25, 0.3) is 11.5 Å². The highest BCUT2D eigenvalue weighted by molar-refractivity contribution is 5.94. The maximum atomic E-state index is 12.6. The first-order chi connectivity index (χ1) is 14.3. The number of nitrogens with one attached hydrogen (secondary N) is 1. The molecule has 3 aromatic rings. The SMILES string of the molecule is O=C(c1ccc[nH]c1=O)N1CCN(c2ccc(-c3noc(C(F)(F)F)n3)cn2)CC1. The topological polar surface area (TPSA) is 108 Å². The van der Waals surface area contributed by atoms with Crippen molar-refractivity contribution in [3.63, 3.8) is 0 Å². The van der Waals surface area contributed by atoms with Gasteiger partial charge in [0.05, 0.1) is 0 Å². The van der Waals surface area contributed by atoms with E-state index in [2.05, 4.69) is 24.6 Å². The van der Waals surface area contributed by atoms with E-state index in [1.807, 2.05) is 4.90 Å². The zero-order valence-electron chi connectivity index (χ0n) is 15.4. The number of amides is 1. The van der Waals surface area contributed by atoms with E-state index >= 15 is 0 Å². The second-order valence-corrected chi connectivity index (χ2v) is 6.52. The quantitative estimate of drug-likeness (QED) is 0.688. The van der Waals surface area contributed by atoms with Gasteiger partial charge in [0.1, 0.15) is 11.4 Å². The van der Waals surface area contributed by atoms with E-state index in [1.165, 1.54) is 18.5 Å². The van der Waals surface area contributed by atoms with E-state index < -0.39 is 17.6 Å². The Kier molecular flexibility index (Phi) is 4.98. The first-order valence-electron chi connectivity index (χ1n) is 8.92. The lowest BCUT2D eigenvalue weighted by Crippen LogP contribution is -2.49. The minimum Gasteiger partial charge on any atom is -0.353 e. The van der Waals surface area contributed by atoms with Crippen LogP contribution in [0, 0.1) is 0 Å². The van der Waals surface area contributed by atoms with E-state index in [0.717, 1.165) is 0 Å². The molecule has 1 amide bonds.